The maximum Gasteiger partial charge on any atom is 0.230 e. The molecule has 0 spiro atoms. The Morgan fingerprint density at radius 3 is 2.50 bits per heavy atom. The van der Waals surface area contributed by atoms with Gasteiger partial charge in [0.15, 0.2) is 0 Å². The third kappa shape index (κ3) is 5.41. The quantitative estimate of drug-likeness (QED) is 0.425. The van der Waals surface area contributed by atoms with Gasteiger partial charge in [-0.25, -0.2) is 4.39 Å². The highest BCUT2D eigenvalue weighted by molar-refractivity contribution is 7.99. The molecule has 6 heteroatoms. The van der Waals surface area contributed by atoms with Gasteiger partial charge in [0.2, 0.25) is 5.91 Å². The summed E-state index contributed by atoms with van der Waals surface area (Å²) in [6.45, 7) is 5.98. The third-order valence-electron chi connectivity index (χ3n) is 4.94. The van der Waals surface area contributed by atoms with Crippen LogP contribution < -0.4 is 5.32 Å². The lowest BCUT2D eigenvalue weighted by molar-refractivity contribution is -0.115. The molecule has 1 amide bonds. The van der Waals surface area contributed by atoms with Gasteiger partial charge in [0.05, 0.1) is 6.42 Å². The van der Waals surface area contributed by atoms with E-state index in [1.807, 2.05) is 50.2 Å². The number of rotatable bonds is 7. The number of hydrogen-bond acceptors (Lipinski definition) is 3. The van der Waals surface area contributed by atoms with Gasteiger partial charge in [-0.05, 0) is 59.3 Å². The second-order valence-corrected chi connectivity index (χ2v) is 9.24. The molecule has 0 aliphatic carbocycles. The summed E-state index contributed by atoms with van der Waals surface area (Å²) in [5.41, 5.74) is 2.29. The zero-order valence-corrected chi connectivity index (χ0v) is 18.8. The van der Waals surface area contributed by atoms with Gasteiger partial charge < -0.3 is 5.32 Å². The lowest BCUT2D eigenvalue weighted by atomic mass is 9.78. The molecule has 30 heavy (non-hydrogen) atoms. The van der Waals surface area contributed by atoms with Crippen molar-refractivity contribution in [2.45, 2.75) is 37.5 Å². The molecule has 0 fully saturated rings. The molecule has 0 unspecified atom stereocenters. The highest BCUT2D eigenvalue weighted by Gasteiger charge is 2.26. The Balaban J connectivity index is 1.67. The summed E-state index contributed by atoms with van der Waals surface area (Å²) in [6, 6.07) is 15.9. The average molecular weight is 443 g/mol. The van der Waals surface area contributed by atoms with Gasteiger partial charge in [-0.1, -0.05) is 44.5 Å². The molecule has 0 radical (unpaired) electrons. The van der Waals surface area contributed by atoms with Crippen LogP contribution in [0, 0.1) is 5.82 Å². The van der Waals surface area contributed by atoms with E-state index in [0.717, 1.165) is 21.9 Å². The molecule has 0 saturated heterocycles. The summed E-state index contributed by atoms with van der Waals surface area (Å²) < 4.78 is 14.4. The van der Waals surface area contributed by atoms with Gasteiger partial charge in [0, 0.05) is 32.9 Å². The fourth-order valence-electron chi connectivity index (χ4n) is 3.24. The Morgan fingerprint density at radius 2 is 1.87 bits per heavy atom. The van der Waals surface area contributed by atoms with Crippen LogP contribution in [-0.4, -0.2) is 16.6 Å². The number of benzene rings is 2. The molecule has 2 aromatic carbocycles. The molecule has 1 heterocycles. The minimum absolute atomic E-state index is 0.133. The van der Waals surface area contributed by atoms with Gasteiger partial charge in [0.1, 0.15) is 5.82 Å². The monoisotopic (exact) mass is 442 g/mol. The molecular weight excluding hydrogens is 419 g/mol. The molecule has 3 nitrogen and oxygen atoms in total. The standard InChI is InChI=1S/C24H24ClFN2OS/c1-4-30-20-11-10-19(27-15-20)14-23(29)28-18-8-5-16(6-9-18)24(2,3)21-13-17(25)7-12-22(21)26/h5-13,15H,4,14H2,1-3H3,(H,28,29). The molecule has 0 atom stereocenters. The first-order valence-electron chi connectivity index (χ1n) is 9.73. The molecule has 0 aliphatic heterocycles. The van der Waals surface area contributed by atoms with Crippen LogP contribution in [0.5, 0.6) is 0 Å². The molecule has 0 aliphatic rings. The molecule has 0 bridgehead atoms. The van der Waals surface area contributed by atoms with Crippen molar-refractivity contribution in [2.24, 2.45) is 0 Å². The van der Waals surface area contributed by atoms with Crippen molar-refractivity contribution >= 4 is 35.0 Å². The Hall–Kier alpha value is -2.37. The van der Waals surface area contributed by atoms with Crippen LogP contribution in [0.2, 0.25) is 5.02 Å². The Labute approximate surface area is 186 Å². The molecule has 3 rings (SSSR count). The minimum Gasteiger partial charge on any atom is -0.326 e. The molecule has 1 N–H and O–H groups in total. The van der Waals surface area contributed by atoms with E-state index in [0.29, 0.717) is 16.3 Å². The van der Waals surface area contributed by atoms with E-state index in [-0.39, 0.29) is 18.1 Å². The van der Waals surface area contributed by atoms with Crippen LogP contribution in [0.4, 0.5) is 10.1 Å². The van der Waals surface area contributed by atoms with E-state index in [9.17, 15) is 9.18 Å². The second-order valence-electron chi connectivity index (χ2n) is 7.47. The minimum atomic E-state index is -0.570. The number of hydrogen-bond donors (Lipinski definition) is 1. The summed E-state index contributed by atoms with van der Waals surface area (Å²) in [7, 11) is 0. The van der Waals surface area contributed by atoms with Crippen molar-refractivity contribution in [3.05, 3.63) is 88.5 Å². The van der Waals surface area contributed by atoms with Crippen LogP contribution in [-0.2, 0) is 16.6 Å². The first-order valence-corrected chi connectivity index (χ1v) is 11.1. The Kier molecular flexibility index (Phi) is 7.16. The van der Waals surface area contributed by atoms with E-state index < -0.39 is 5.41 Å². The number of carbonyl (C=O) groups excluding carboxylic acids is 1. The number of carbonyl (C=O) groups is 1. The van der Waals surface area contributed by atoms with Crippen LogP contribution in [0.15, 0.2) is 65.7 Å². The van der Waals surface area contributed by atoms with E-state index in [1.165, 1.54) is 6.07 Å². The number of nitrogens with one attached hydrogen (secondary N) is 1. The zero-order chi connectivity index (χ0) is 21.7. The summed E-state index contributed by atoms with van der Waals surface area (Å²) in [6.07, 6.45) is 2.00. The third-order valence-corrected chi connectivity index (χ3v) is 6.04. The smallest absolute Gasteiger partial charge is 0.230 e. The normalized spacial score (nSPS) is 11.4. The molecule has 3 aromatic rings. The SMILES string of the molecule is CCSc1ccc(CC(=O)Nc2ccc(C(C)(C)c3cc(Cl)ccc3F)cc2)nc1. The summed E-state index contributed by atoms with van der Waals surface area (Å²) in [4.78, 5) is 17.8. The molecular formula is C24H24ClFN2OS. The van der Waals surface area contributed by atoms with E-state index in [4.69, 9.17) is 11.6 Å². The zero-order valence-electron chi connectivity index (χ0n) is 17.2. The highest BCUT2D eigenvalue weighted by atomic mass is 35.5. The number of anilines is 1. The second kappa shape index (κ2) is 9.63. The Morgan fingerprint density at radius 1 is 1.13 bits per heavy atom. The fraction of sp³-hybridized carbons (Fsp3) is 0.250. The number of nitrogens with zero attached hydrogens (tertiary/aromatic N) is 1. The van der Waals surface area contributed by atoms with Crippen molar-refractivity contribution in [1.29, 1.82) is 0 Å². The van der Waals surface area contributed by atoms with Gasteiger partial charge in [-0.15, -0.1) is 11.8 Å². The lowest BCUT2D eigenvalue weighted by Crippen LogP contribution is -2.21. The van der Waals surface area contributed by atoms with E-state index >= 15 is 0 Å². The van der Waals surface area contributed by atoms with Crippen LogP contribution in [0.1, 0.15) is 37.6 Å². The van der Waals surface area contributed by atoms with Gasteiger partial charge in [-0.3, -0.25) is 9.78 Å². The first-order chi connectivity index (χ1) is 14.3. The van der Waals surface area contributed by atoms with Crippen LogP contribution >= 0.6 is 23.4 Å². The van der Waals surface area contributed by atoms with Crippen molar-refractivity contribution in [3.63, 3.8) is 0 Å². The summed E-state index contributed by atoms with van der Waals surface area (Å²) in [5, 5.41) is 3.39. The maximum absolute atomic E-state index is 14.4. The van der Waals surface area contributed by atoms with Gasteiger partial charge >= 0.3 is 0 Å². The number of thioether (sulfide) groups is 1. The van der Waals surface area contributed by atoms with Crippen LogP contribution in [0.3, 0.4) is 0 Å². The number of amides is 1. The topological polar surface area (TPSA) is 42.0 Å². The predicted molar refractivity (Wildman–Crippen MR) is 123 cm³/mol. The fourth-order valence-corrected chi connectivity index (χ4v) is 4.04. The first kappa shape index (κ1) is 22.3. The van der Waals surface area contributed by atoms with Crippen molar-refractivity contribution in [1.82, 2.24) is 4.98 Å². The Bertz CT molecular complexity index is 1020. The summed E-state index contributed by atoms with van der Waals surface area (Å²) in [5.74, 6) is 0.557. The molecule has 156 valence electrons. The van der Waals surface area contributed by atoms with Crippen molar-refractivity contribution in [3.8, 4) is 0 Å². The number of aromatic nitrogens is 1. The van der Waals surface area contributed by atoms with Crippen molar-refractivity contribution < 1.29 is 9.18 Å². The van der Waals surface area contributed by atoms with Gasteiger partial charge in [0.25, 0.3) is 0 Å². The molecule has 1 aromatic heterocycles. The van der Waals surface area contributed by atoms with E-state index in [1.54, 1.807) is 30.1 Å². The summed E-state index contributed by atoms with van der Waals surface area (Å²) >= 11 is 7.78. The molecule has 0 saturated carbocycles. The average Bonchev–Trinajstić information content (AvgIpc) is 2.72. The number of pyridine rings is 1. The highest BCUT2D eigenvalue weighted by Crippen LogP contribution is 2.35. The van der Waals surface area contributed by atoms with Crippen LogP contribution in [0.25, 0.3) is 0 Å². The lowest BCUT2D eigenvalue weighted by Gasteiger charge is -2.27. The van der Waals surface area contributed by atoms with Crippen molar-refractivity contribution in [2.75, 3.05) is 11.1 Å². The van der Waals surface area contributed by atoms with E-state index in [2.05, 4.69) is 17.2 Å². The number of halogens is 2. The van der Waals surface area contributed by atoms with Gasteiger partial charge in [-0.2, -0.15) is 0 Å². The maximum atomic E-state index is 14.4. The largest absolute Gasteiger partial charge is 0.326 e. The predicted octanol–water partition coefficient (Wildman–Crippen LogP) is 6.49.